The number of thiophene rings is 1. The summed E-state index contributed by atoms with van der Waals surface area (Å²) in [6.07, 6.45) is 4.69. The van der Waals surface area contributed by atoms with E-state index in [0.717, 1.165) is 32.0 Å². The second-order valence-electron chi connectivity index (χ2n) is 16.7. The molecule has 0 aromatic carbocycles. The van der Waals surface area contributed by atoms with E-state index >= 15 is 8.63 Å². The third kappa shape index (κ3) is 12.1. The number of unbranched alkanes of at least 4 members (excludes halogenated alkanes) is 2. The lowest BCUT2D eigenvalue weighted by molar-refractivity contribution is -0.870. The highest BCUT2D eigenvalue weighted by atomic mass is 32.2. The number of halogens is 2. The summed E-state index contributed by atoms with van der Waals surface area (Å²) in [6, 6.07) is 5.24. The van der Waals surface area contributed by atoms with Crippen molar-refractivity contribution in [2.75, 3.05) is 53.6 Å². The van der Waals surface area contributed by atoms with Gasteiger partial charge in [-0.15, -0.1) is 16.4 Å². The van der Waals surface area contributed by atoms with E-state index in [2.05, 4.69) is 21.1 Å². The van der Waals surface area contributed by atoms with Gasteiger partial charge in [-0.05, 0) is 87.9 Å². The van der Waals surface area contributed by atoms with Crippen LogP contribution in [0.4, 0.5) is 8.63 Å². The highest BCUT2D eigenvalue weighted by Crippen LogP contribution is 2.40. The maximum Gasteiger partial charge on any atom is 0.737 e. The molecule has 5 heterocycles. The number of hydrogen-bond acceptors (Lipinski definition) is 11. The van der Waals surface area contributed by atoms with Crippen LogP contribution in [-0.2, 0) is 50.1 Å². The number of fused-ring (bicyclic) bond motifs is 2. The van der Waals surface area contributed by atoms with Crippen molar-refractivity contribution in [3.05, 3.63) is 62.8 Å². The maximum atomic E-state index is 16.9. The molecule has 3 aliphatic rings. The van der Waals surface area contributed by atoms with Gasteiger partial charge in [-0.2, -0.15) is 8.42 Å². The molecular weight excluding hydrogens is 823 g/mol. The Kier molecular flexibility index (Phi) is 15.2. The predicted octanol–water partition coefficient (Wildman–Crippen LogP) is 4.54. The molecule has 1 saturated heterocycles. The number of ether oxygens (including phenoxy) is 1. The number of esters is 1. The second-order valence-corrected chi connectivity index (χ2v) is 19.1. The van der Waals surface area contributed by atoms with Crippen LogP contribution in [0, 0.1) is 6.92 Å². The molecule has 3 aliphatic heterocycles. The van der Waals surface area contributed by atoms with E-state index in [1.807, 2.05) is 35.5 Å². The van der Waals surface area contributed by atoms with Crippen molar-refractivity contribution in [2.45, 2.75) is 90.1 Å². The number of aromatic nitrogens is 1. The number of nitrogens with zero attached hydrogens (tertiary/aromatic N) is 5. The highest BCUT2D eigenvalue weighted by Gasteiger charge is 2.54. The standard InChI is InChI=1S/C40H54BF2N5O10S2/c1-28-24-30(45-31(28)26-32-29(12-10-22-48(3,4)5)25-33(36-14-11-23-59-36)46(32)41(45,42)43)16-19-39(52)57-35(27-60(54,55)56)34(49)13-9-21-44(2)20-8-6-7-15-40(53)58-47-37(50)17-18-38(47)51/h11,14,23-26,35H,6-10,12-13,15-22,27H2,1-5H3/p+1/t35-/m0/s1. The maximum absolute atomic E-state index is 16.9. The van der Waals surface area contributed by atoms with Crippen LogP contribution in [0.3, 0.4) is 0 Å². The number of aryl methyl sites for hydroxylation is 2. The van der Waals surface area contributed by atoms with Gasteiger partial charge in [-0.3, -0.25) is 23.7 Å². The molecule has 15 nitrogen and oxygen atoms in total. The molecule has 328 valence electrons. The molecule has 20 heteroatoms. The zero-order chi connectivity index (χ0) is 44.0. The van der Waals surface area contributed by atoms with Crippen molar-refractivity contribution >= 4 is 69.7 Å². The number of ketones is 1. The number of hydroxylamine groups is 2. The van der Waals surface area contributed by atoms with Gasteiger partial charge in [0.1, 0.15) is 5.75 Å². The highest BCUT2D eigenvalue weighted by molar-refractivity contribution is 7.85. The van der Waals surface area contributed by atoms with Crippen LogP contribution in [0.1, 0.15) is 92.5 Å². The van der Waals surface area contributed by atoms with Crippen molar-refractivity contribution < 1.29 is 64.1 Å². The first kappa shape index (κ1) is 46.7. The van der Waals surface area contributed by atoms with Gasteiger partial charge >= 0.3 is 18.9 Å². The van der Waals surface area contributed by atoms with E-state index in [1.54, 1.807) is 19.1 Å². The molecule has 0 saturated carbocycles. The van der Waals surface area contributed by atoms with E-state index in [0.29, 0.717) is 71.4 Å². The molecule has 60 heavy (non-hydrogen) atoms. The smallest absolute Gasteiger partial charge is 0.453 e. The van der Waals surface area contributed by atoms with E-state index in [9.17, 15) is 36.9 Å². The first-order valence-electron chi connectivity index (χ1n) is 20.2. The Morgan fingerprint density at radius 1 is 0.983 bits per heavy atom. The zero-order valence-electron chi connectivity index (χ0n) is 34.9. The monoisotopic (exact) mass is 878 g/mol. The minimum atomic E-state index is -4.73. The van der Waals surface area contributed by atoms with Gasteiger partial charge in [0.25, 0.3) is 21.9 Å². The molecule has 2 aromatic heterocycles. The summed E-state index contributed by atoms with van der Waals surface area (Å²) in [7, 11) is 3.35. The SMILES string of the molecule is Cc1cc(CCC(=O)O[C@@H](CS(=O)(=O)O)C(=O)CCCN(C)CCCCCC(=O)ON2C(=O)CCC2=O)n2c1C=C1C(CCC[N+](C)(C)C)=CC(c3cccs3)=[N+]1[B-]2(F)F. The van der Waals surface area contributed by atoms with Gasteiger partial charge in [0.05, 0.1) is 39.0 Å². The third-order valence-corrected chi connectivity index (χ3v) is 12.2. The fourth-order valence-corrected chi connectivity index (χ4v) is 9.01. The number of amides is 2. The first-order valence-corrected chi connectivity index (χ1v) is 22.7. The molecule has 1 atom stereocenters. The second kappa shape index (κ2) is 19.6. The molecule has 0 aliphatic carbocycles. The first-order chi connectivity index (χ1) is 28.1. The molecular formula is C40H55BF2N5O10S2+. The number of Topliss-reactive ketones (excluding diaryl/α,β-unsaturated/α-hetero) is 1. The summed E-state index contributed by atoms with van der Waals surface area (Å²) in [4.78, 5) is 68.9. The van der Waals surface area contributed by atoms with Crippen molar-refractivity contribution in [2.24, 2.45) is 0 Å². The Balaban J connectivity index is 1.15. The summed E-state index contributed by atoms with van der Waals surface area (Å²) in [5.41, 5.74) is 2.81. The Morgan fingerprint density at radius 2 is 1.68 bits per heavy atom. The van der Waals surface area contributed by atoms with Crippen LogP contribution < -0.4 is 0 Å². The predicted molar refractivity (Wildman–Crippen MR) is 221 cm³/mol. The van der Waals surface area contributed by atoms with Crippen molar-refractivity contribution in [3.8, 4) is 0 Å². The number of rotatable bonds is 23. The van der Waals surface area contributed by atoms with E-state index in [-0.39, 0.29) is 44.2 Å². The molecule has 0 spiro atoms. The normalized spacial score (nSPS) is 16.9. The Labute approximate surface area is 353 Å². The number of imide groups is 1. The quantitative estimate of drug-likeness (QED) is 0.0415. The van der Waals surface area contributed by atoms with E-state index in [4.69, 9.17) is 9.57 Å². The lowest BCUT2D eigenvalue weighted by atomic mass is 9.88. The molecule has 5 rings (SSSR count). The number of hydrogen-bond donors (Lipinski definition) is 1. The van der Waals surface area contributed by atoms with Crippen LogP contribution in [0.2, 0.25) is 0 Å². The summed E-state index contributed by atoms with van der Waals surface area (Å²) in [6.45, 7) is -0.779. The van der Waals surface area contributed by atoms with Crippen molar-refractivity contribution in [3.63, 3.8) is 0 Å². The molecule has 0 bridgehead atoms. The Morgan fingerprint density at radius 3 is 2.33 bits per heavy atom. The largest absolute Gasteiger partial charge is 0.737 e. The van der Waals surface area contributed by atoms with Crippen molar-refractivity contribution in [1.29, 1.82) is 0 Å². The summed E-state index contributed by atoms with van der Waals surface area (Å²) in [5, 5.41) is 2.36. The minimum absolute atomic E-state index is 0.0189. The third-order valence-electron chi connectivity index (χ3n) is 10.6. The van der Waals surface area contributed by atoms with Crippen molar-refractivity contribution in [1.82, 2.24) is 14.4 Å². The van der Waals surface area contributed by atoms with Gasteiger partial charge in [0.15, 0.2) is 23.3 Å². The molecule has 2 amide bonds. The zero-order valence-corrected chi connectivity index (χ0v) is 36.5. The summed E-state index contributed by atoms with van der Waals surface area (Å²) < 4.78 is 75.2. The molecule has 2 aromatic rings. The van der Waals surface area contributed by atoms with Crippen LogP contribution in [0.25, 0.3) is 6.08 Å². The van der Waals surface area contributed by atoms with Crippen LogP contribution in [0.15, 0.2) is 40.9 Å². The lowest BCUT2D eigenvalue weighted by Crippen LogP contribution is -2.51. The fourth-order valence-electron chi connectivity index (χ4n) is 7.63. The topological polar surface area (TPSA) is 173 Å². The van der Waals surface area contributed by atoms with Gasteiger partial charge in [-0.25, -0.2) is 4.79 Å². The van der Waals surface area contributed by atoms with Gasteiger partial charge < -0.3 is 36.6 Å². The Bertz CT molecular complexity index is 2160. The number of quaternary nitrogens is 1. The van der Waals surface area contributed by atoms with E-state index < -0.39 is 64.9 Å². The van der Waals surface area contributed by atoms with E-state index in [1.165, 1.54) is 11.3 Å². The summed E-state index contributed by atoms with van der Waals surface area (Å²) in [5.74, 6) is -4.56. The fraction of sp³-hybridized carbons (Fsp3) is 0.550. The van der Waals surface area contributed by atoms with Gasteiger partial charge in [0.2, 0.25) is 0 Å². The van der Waals surface area contributed by atoms with Gasteiger partial charge in [-0.1, -0.05) is 12.5 Å². The molecule has 1 fully saturated rings. The number of carbonyl (C=O) groups excluding carboxylic acids is 5. The average molecular weight is 879 g/mol. The average Bonchev–Trinajstić information content (AvgIpc) is 3.94. The summed E-state index contributed by atoms with van der Waals surface area (Å²) >= 11 is 1.37. The molecule has 0 unspecified atom stereocenters. The molecule has 1 N–H and O–H groups in total. The minimum Gasteiger partial charge on any atom is -0.453 e. The lowest BCUT2D eigenvalue weighted by Gasteiger charge is -2.31. The van der Waals surface area contributed by atoms with Crippen LogP contribution >= 0.6 is 11.3 Å². The number of allylic oxidation sites excluding steroid dienone is 2. The Hall–Kier alpha value is -4.37. The van der Waals surface area contributed by atoms with Gasteiger partial charge in [0, 0.05) is 55.5 Å². The number of carbonyl (C=O) groups is 5. The van der Waals surface area contributed by atoms with Crippen LogP contribution in [0.5, 0.6) is 0 Å². The molecule has 0 radical (unpaired) electrons. The van der Waals surface area contributed by atoms with Crippen LogP contribution in [-0.4, -0.2) is 138 Å².